The van der Waals surface area contributed by atoms with Crippen LogP contribution in [0.1, 0.15) is 25.0 Å². The predicted octanol–water partition coefficient (Wildman–Crippen LogP) is 1.90. The average molecular weight is 194 g/mol. The molecule has 2 rings (SSSR count). The molecule has 1 atom stereocenters. The lowest BCUT2D eigenvalue weighted by atomic mass is 10.0. The second-order valence-electron chi connectivity index (χ2n) is 3.29. The van der Waals surface area contributed by atoms with Gasteiger partial charge in [0.2, 0.25) is 0 Å². The fourth-order valence-corrected chi connectivity index (χ4v) is 1.61. The molecule has 0 aromatic heterocycles. The number of rotatable bonds is 2. The van der Waals surface area contributed by atoms with Crippen LogP contribution in [0.25, 0.3) is 0 Å². The number of benzene rings is 1. The van der Waals surface area contributed by atoms with Gasteiger partial charge in [-0.2, -0.15) is 0 Å². The summed E-state index contributed by atoms with van der Waals surface area (Å²) in [5.41, 5.74) is 0.835. The molecular weight excluding hydrogens is 180 g/mol. The SMILES string of the molecule is CCOc1ccc2c(c1)[C@H](O)CCO2. The second kappa shape index (κ2) is 3.88. The fourth-order valence-electron chi connectivity index (χ4n) is 1.61. The van der Waals surface area contributed by atoms with Crippen LogP contribution >= 0.6 is 0 Å². The second-order valence-corrected chi connectivity index (χ2v) is 3.29. The van der Waals surface area contributed by atoms with E-state index in [1.165, 1.54) is 0 Å². The van der Waals surface area contributed by atoms with Crippen molar-refractivity contribution in [3.05, 3.63) is 23.8 Å². The molecule has 0 aliphatic carbocycles. The van der Waals surface area contributed by atoms with Crippen LogP contribution in [0.4, 0.5) is 0 Å². The highest BCUT2D eigenvalue weighted by atomic mass is 16.5. The van der Waals surface area contributed by atoms with Crippen molar-refractivity contribution >= 4 is 0 Å². The first-order valence-corrected chi connectivity index (χ1v) is 4.89. The zero-order valence-electron chi connectivity index (χ0n) is 8.19. The van der Waals surface area contributed by atoms with Crippen molar-refractivity contribution in [1.82, 2.24) is 0 Å². The van der Waals surface area contributed by atoms with Crippen molar-refractivity contribution in [2.24, 2.45) is 0 Å². The van der Waals surface area contributed by atoms with Gasteiger partial charge in [0.25, 0.3) is 0 Å². The molecule has 0 saturated heterocycles. The van der Waals surface area contributed by atoms with Gasteiger partial charge >= 0.3 is 0 Å². The Morgan fingerprint density at radius 3 is 3.21 bits per heavy atom. The molecule has 0 unspecified atom stereocenters. The number of aliphatic hydroxyl groups is 1. The van der Waals surface area contributed by atoms with Crippen LogP contribution in [-0.4, -0.2) is 18.3 Å². The van der Waals surface area contributed by atoms with Gasteiger partial charge in [-0.05, 0) is 25.1 Å². The van der Waals surface area contributed by atoms with Gasteiger partial charge in [-0.25, -0.2) is 0 Å². The van der Waals surface area contributed by atoms with E-state index >= 15 is 0 Å². The van der Waals surface area contributed by atoms with Gasteiger partial charge in [-0.15, -0.1) is 0 Å². The summed E-state index contributed by atoms with van der Waals surface area (Å²) in [6.07, 6.45) is 0.238. The number of aliphatic hydroxyl groups excluding tert-OH is 1. The zero-order chi connectivity index (χ0) is 9.97. The van der Waals surface area contributed by atoms with Gasteiger partial charge in [0.1, 0.15) is 11.5 Å². The monoisotopic (exact) mass is 194 g/mol. The molecule has 0 spiro atoms. The lowest BCUT2D eigenvalue weighted by molar-refractivity contribution is 0.115. The van der Waals surface area contributed by atoms with Crippen LogP contribution in [0.5, 0.6) is 11.5 Å². The predicted molar refractivity (Wildman–Crippen MR) is 52.7 cm³/mol. The molecule has 1 aliphatic rings. The topological polar surface area (TPSA) is 38.7 Å². The van der Waals surface area contributed by atoms with E-state index in [0.29, 0.717) is 19.6 Å². The van der Waals surface area contributed by atoms with Gasteiger partial charge in [0, 0.05) is 12.0 Å². The molecule has 3 heteroatoms. The molecule has 1 aliphatic heterocycles. The lowest BCUT2D eigenvalue weighted by Crippen LogP contribution is -2.13. The Bertz CT molecular complexity index is 322. The largest absolute Gasteiger partial charge is 0.494 e. The van der Waals surface area contributed by atoms with E-state index in [1.54, 1.807) is 0 Å². The molecule has 3 nitrogen and oxygen atoms in total. The van der Waals surface area contributed by atoms with E-state index in [0.717, 1.165) is 17.1 Å². The Kier molecular flexibility index (Phi) is 2.59. The third-order valence-electron chi connectivity index (χ3n) is 2.30. The maximum Gasteiger partial charge on any atom is 0.125 e. The van der Waals surface area contributed by atoms with E-state index in [4.69, 9.17) is 9.47 Å². The third kappa shape index (κ3) is 1.68. The summed E-state index contributed by atoms with van der Waals surface area (Å²) in [6.45, 7) is 3.16. The van der Waals surface area contributed by atoms with Crippen molar-refractivity contribution in [3.63, 3.8) is 0 Å². The van der Waals surface area contributed by atoms with Crippen LogP contribution in [0, 0.1) is 0 Å². The molecular formula is C11H14O3. The van der Waals surface area contributed by atoms with Crippen molar-refractivity contribution in [2.45, 2.75) is 19.4 Å². The minimum atomic E-state index is -0.417. The molecule has 0 fully saturated rings. The summed E-state index contributed by atoms with van der Waals surface area (Å²) in [6, 6.07) is 5.56. The summed E-state index contributed by atoms with van der Waals surface area (Å²) >= 11 is 0. The van der Waals surface area contributed by atoms with Crippen LogP contribution in [0.2, 0.25) is 0 Å². The van der Waals surface area contributed by atoms with E-state index < -0.39 is 6.10 Å². The number of hydrogen-bond donors (Lipinski definition) is 1. The van der Waals surface area contributed by atoms with E-state index in [9.17, 15) is 5.11 Å². The number of hydrogen-bond acceptors (Lipinski definition) is 3. The highest BCUT2D eigenvalue weighted by molar-refractivity contribution is 5.42. The summed E-state index contributed by atoms with van der Waals surface area (Å²) in [4.78, 5) is 0. The van der Waals surface area contributed by atoms with Crippen LogP contribution in [-0.2, 0) is 0 Å². The Morgan fingerprint density at radius 2 is 2.43 bits per heavy atom. The first kappa shape index (κ1) is 9.34. The smallest absolute Gasteiger partial charge is 0.125 e. The van der Waals surface area contributed by atoms with E-state index in [1.807, 2.05) is 25.1 Å². The molecule has 0 saturated carbocycles. The van der Waals surface area contributed by atoms with Gasteiger partial charge in [0.15, 0.2) is 0 Å². The highest BCUT2D eigenvalue weighted by Crippen LogP contribution is 2.34. The van der Waals surface area contributed by atoms with Crippen LogP contribution in [0.3, 0.4) is 0 Å². The summed E-state index contributed by atoms with van der Waals surface area (Å²) in [7, 11) is 0. The van der Waals surface area contributed by atoms with Crippen LogP contribution in [0.15, 0.2) is 18.2 Å². The number of fused-ring (bicyclic) bond motifs is 1. The molecule has 0 radical (unpaired) electrons. The molecule has 14 heavy (non-hydrogen) atoms. The summed E-state index contributed by atoms with van der Waals surface area (Å²) < 4.78 is 10.8. The Labute approximate surface area is 83.3 Å². The maximum atomic E-state index is 9.72. The van der Waals surface area contributed by atoms with E-state index in [2.05, 4.69) is 0 Å². The molecule has 1 heterocycles. The highest BCUT2D eigenvalue weighted by Gasteiger charge is 2.19. The lowest BCUT2D eigenvalue weighted by Gasteiger charge is -2.22. The molecule has 0 amide bonds. The van der Waals surface area contributed by atoms with Crippen molar-refractivity contribution in [3.8, 4) is 11.5 Å². The van der Waals surface area contributed by atoms with Gasteiger partial charge in [-0.3, -0.25) is 0 Å². The Hall–Kier alpha value is -1.22. The van der Waals surface area contributed by atoms with Crippen LogP contribution < -0.4 is 9.47 Å². The molecule has 0 bridgehead atoms. The summed E-state index contributed by atoms with van der Waals surface area (Å²) in [5.74, 6) is 1.56. The maximum absolute atomic E-state index is 9.72. The molecule has 1 aromatic carbocycles. The standard InChI is InChI=1S/C11H14O3/c1-2-13-8-3-4-11-9(7-8)10(12)5-6-14-11/h3-4,7,10,12H,2,5-6H2,1H3/t10-/m1/s1. The fraction of sp³-hybridized carbons (Fsp3) is 0.455. The van der Waals surface area contributed by atoms with Gasteiger partial charge in [-0.1, -0.05) is 0 Å². The zero-order valence-corrected chi connectivity index (χ0v) is 8.19. The van der Waals surface area contributed by atoms with Crippen molar-refractivity contribution in [2.75, 3.05) is 13.2 Å². The van der Waals surface area contributed by atoms with Gasteiger partial charge < -0.3 is 14.6 Å². The minimum Gasteiger partial charge on any atom is -0.494 e. The average Bonchev–Trinajstić information content (AvgIpc) is 2.20. The van der Waals surface area contributed by atoms with E-state index in [-0.39, 0.29) is 0 Å². The van der Waals surface area contributed by atoms with Crippen molar-refractivity contribution in [1.29, 1.82) is 0 Å². The summed E-state index contributed by atoms with van der Waals surface area (Å²) in [5, 5.41) is 9.72. The third-order valence-corrected chi connectivity index (χ3v) is 2.30. The van der Waals surface area contributed by atoms with Crippen molar-refractivity contribution < 1.29 is 14.6 Å². The first-order valence-electron chi connectivity index (χ1n) is 4.89. The first-order chi connectivity index (χ1) is 6.81. The Morgan fingerprint density at radius 1 is 1.57 bits per heavy atom. The Balaban J connectivity index is 2.31. The minimum absolute atomic E-state index is 0.417. The normalized spacial score (nSPS) is 19.7. The molecule has 1 aromatic rings. The number of ether oxygens (including phenoxy) is 2. The quantitative estimate of drug-likeness (QED) is 0.781. The molecule has 1 N–H and O–H groups in total. The van der Waals surface area contributed by atoms with Gasteiger partial charge in [0.05, 0.1) is 19.3 Å². The molecule has 76 valence electrons.